The molecule has 0 amide bonds. The van der Waals surface area contributed by atoms with Crippen LogP contribution in [0.4, 0.5) is 0 Å². The van der Waals surface area contributed by atoms with E-state index in [2.05, 4.69) is 26.5 Å². The maximum Gasteiger partial charge on any atom is 0.328 e. The van der Waals surface area contributed by atoms with Crippen molar-refractivity contribution in [1.29, 1.82) is 0 Å². The van der Waals surface area contributed by atoms with E-state index in [1.165, 1.54) is 24.5 Å². The van der Waals surface area contributed by atoms with Crippen molar-refractivity contribution >= 4 is 5.97 Å². The molecule has 1 fully saturated rings. The van der Waals surface area contributed by atoms with Gasteiger partial charge in [-0.1, -0.05) is 38.2 Å². The van der Waals surface area contributed by atoms with Crippen molar-refractivity contribution in [3.05, 3.63) is 36.0 Å². The molecule has 0 unspecified atom stereocenters. The van der Waals surface area contributed by atoms with Gasteiger partial charge in [0.15, 0.2) is 0 Å². The van der Waals surface area contributed by atoms with Crippen LogP contribution in [0.1, 0.15) is 40.0 Å². The van der Waals surface area contributed by atoms with Crippen LogP contribution in [0.2, 0.25) is 0 Å². The summed E-state index contributed by atoms with van der Waals surface area (Å²) in [4.78, 5) is 10.5. The predicted molar refractivity (Wildman–Crippen MR) is 70.8 cm³/mol. The number of hydrogen-bond acceptors (Lipinski definition) is 1. The van der Waals surface area contributed by atoms with E-state index >= 15 is 0 Å². The highest BCUT2D eigenvalue weighted by atomic mass is 16.4. The van der Waals surface area contributed by atoms with Crippen molar-refractivity contribution in [2.24, 2.45) is 11.3 Å². The molecule has 0 aliphatic heterocycles. The Balaban J connectivity index is 2.81. The van der Waals surface area contributed by atoms with E-state index < -0.39 is 5.97 Å². The van der Waals surface area contributed by atoms with Gasteiger partial charge in [-0.2, -0.15) is 0 Å². The van der Waals surface area contributed by atoms with Crippen molar-refractivity contribution in [2.75, 3.05) is 0 Å². The molecule has 1 saturated carbocycles. The number of carboxylic acids is 1. The number of aliphatic carboxylic acids is 1. The first-order valence-electron chi connectivity index (χ1n) is 6.10. The number of rotatable bonds is 3. The normalized spacial score (nSPS) is 25.2. The van der Waals surface area contributed by atoms with Gasteiger partial charge in [0.1, 0.15) is 0 Å². The van der Waals surface area contributed by atoms with E-state index in [0.29, 0.717) is 5.92 Å². The molecule has 0 bridgehead atoms. The Kier molecular flexibility index (Phi) is 4.33. The zero-order valence-corrected chi connectivity index (χ0v) is 11.0. The lowest BCUT2D eigenvalue weighted by atomic mass is 9.66. The highest BCUT2D eigenvalue weighted by Gasteiger charge is 2.32. The van der Waals surface area contributed by atoms with E-state index in [0.717, 1.165) is 12.0 Å². The number of hydrogen-bond donors (Lipinski definition) is 1. The number of carbonyl (C=O) groups is 1. The van der Waals surface area contributed by atoms with E-state index in [4.69, 9.17) is 5.11 Å². The van der Waals surface area contributed by atoms with Gasteiger partial charge in [-0.05, 0) is 37.2 Å². The molecule has 2 heteroatoms. The van der Waals surface area contributed by atoms with Crippen LogP contribution in [0, 0.1) is 11.3 Å². The summed E-state index contributed by atoms with van der Waals surface area (Å²) in [5.41, 5.74) is 2.27. The molecule has 0 aromatic rings. The molecular formula is C15H22O2. The minimum atomic E-state index is -0.895. The highest BCUT2D eigenvalue weighted by molar-refractivity contribution is 5.81. The van der Waals surface area contributed by atoms with Crippen molar-refractivity contribution in [1.82, 2.24) is 0 Å². The largest absolute Gasteiger partial charge is 0.478 e. The average Bonchev–Trinajstić information content (AvgIpc) is 2.14. The Morgan fingerprint density at radius 1 is 1.53 bits per heavy atom. The average molecular weight is 234 g/mol. The standard InChI is InChI=1S/C15H22O2/c1-11(10-14(16)17)7-8-13-12(2)6-5-9-15(13,3)4/h7-8,10,13H,2,5-6,9H2,1,3-4H3,(H,16,17)/b8-7+,11-10+/t13-/m1/s1. The summed E-state index contributed by atoms with van der Waals surface area (Å²) in [5.74, 6) is -0.540. The molecule has 0 spiro atoms. The molecule has 0 saturated heterocycles. The van der Waals surface area contributed by atoms with Crippen LogP contribution in [-0.4, -0.2) is 11.1 Å². The Bertz CT molecular complexity index is 372. The fraction of sp³-hybridized carbons (Fsp3) is 0.533. The zero-order chi connectivity index (χ0) is 13.1. The van der Waals surface area contributed by atoms with Crippen LogP contribution in [-0.2, 0) is 4.79 Å². The van der Waals surface area contributed by atoms with Gasteiger partial charge in [0.25, 0.3) is 0 Å². The van der Waals surface area contributed by atoms with Crippen molar-refractivity contribution in [3.63, 3.8) is 0 Å². The summed E-state index contributed by atoms with van der Waals surface area (Å²) in [5, 5.41) is 8.65. The maximum absolute atomic E-state index is 10.5. The predicted octanol–water partition coefficient (Wildman–Crippen LogP) is 3.96. The Hall–Kier alpha value is -1.31. The fourth-order valence-corrected chi connectivity index (χ4v) is 2.52. The summed E-state index contributed by atoms with van der Waals surface area (Å²) in [6, 6.07) is 0. The van der Waals surface area contributed by atoms with Crippen LogP contribution in [0.15, 0.2) is 36.0 Å². The molecular weight excluding hydrogens is 212 g/mol. The molecule has 17 heavy (non-hydrogen) atoms. The summed E-state index contributed by atoms with van der Waals surface area (Å²) in [7, 11) is 0. The molecule has 94 valence electrons. The van der Waals surface area contributed by atoms with Crippen LogP contribution in [0.3, 0.4) is 0 Å². The van der Waals surface area contributed by atoms with Crippen LogP contribution in [0.5, 0.6) is 0 Å². The van der Waals surface area contributed by atoms with Gasteiger partial charge in [-0.3, -0.25) is 0 Å². The van der Waals surface area contributed by atoms with Crippen LogP contribution < -0.4 is 0 Å². The second kappa shape index (κ2) is 5.35. The molecule has 1 aliphatic rings. The molecule has 0 heterocycles. The monoisotopic (exact) mass is 234 g/mol. The lowest BCUT2D eigenvalue weighted by molar-refractivity contribution is -0.131. The van der Waals surface area contributed by atoms with E-state index in [1.54, 1.807) is 0 Å². The minimum absolute atomic E-state index is 0.231. The SMILES string of the molecule is C=C1CCCC(C)(C)[C@@H]1/C=C/C(C)=C/C(=O)O. The third-order valence-electron chi connectivity index (χ3n) is 3.50. The van der Waals surface area contributed by atoms with E-state index in [-0.39, 0.29) is 5.41 Å². The Morgan fingerprint density at radius 2 is 2.18 bits per heavy atom. The molecule has 1 N–H and O–H groups in total. The lowest BCUT2D eigenvalue weighted by Gasteiger charge is -2.38. The highest BCUT2D eigenvalue weighted by Crippen LogP contribution is 2.43. The first-order chi connectivity index (χ1) is 7.83. The van der Waals surface area contributed by atoms with Gasteiger partial charge >= 0.3 is 5.97 Å². The Labute approximate surface area is 104 Å². The van der Waals surface area contributed by atoms with Gasteiger partial charge in [-0.15, -0.1) is 0 Å². The van der Waals surface area contributed by atoms with Crippen molar-refractivity contribution < 1.29 is 9.90 Å². The topological polar surface area (TPSA) is 37.3 Å². The van der Waals surface area contributed by atoms with Gasteiger partial charge in [0.2, 0.25) is 0 Å². The molecule has 1 atom stereocenters. The summed E-state index contributed by atoms with van der Waals surface area (Å²) in [6.45, 7) is 10.5. The van der Waals surface area contributed by atoms with Crippen LogP contribution in [0.25, 0.3) is 0 Å². The minimum Gasteiger partial charge on any atom is -0.478 e. The summed E-state index contributed by atoms with van der Waals surface area (Å²) >= 11 is 0. The second-order valence-electron chi connectivity index (χ2n) is 5.56. The number of carboxylic acid groups (broad SMARTS) is 1. The number of allylic oxidation sites excluding steroid dienone is 4. The molecule has 0 aromatic heterocycles. The summed E-state index contributed by atoms with van der Waals surface area (Å²) < 4.78 is 0. The summed E-state index contributed by atoms with van der Waals surface area (Å²) in [6.07, 6.45) is 8.73. The molecule has 2 nitrogen and oxygen atoms in total. The van der Waals surface area contributed by atoms with Gasteiger partial charge in [0.05, 0.1) is 0 Å². The van der Waals surface area contributed by atoms with Gasteiger partial charge < -0.3 is 5.11 Å². The van der Waals surface area contributed by atoms with Gasteiger partial charge in [0, 0.05) is 12.0 Å². The molecule has 1 rings (SSSR count). The lowest BCUT2D eigenvalue weighted by Crippen LogP contribution is -2.27. The zero-order valence-electron chi connectivity index (χ0n) is 11.0. The first kappa shape index (κ1) is 13.8. The fourth-order valence-electron chi connectivity index (χ4n) is 2.52. The van der Waals surface area contributed by atoms with E-state index in [1.807, 2.05) is 13.0 Å². The Morgan fingerprint density at radius 3 is 2.71 bits per heavy atom. The molecule has 0 radical (unpaired) electrons. The first-order valence-corrected chi connectivity index (χ1v) is 6.10. The van der Waals surface area contributed by atoms with Gasteiger partial charge in [-0.25, -0.2) is 4.79 Å². The molecule has 0 aromatic carbocycles. The third-order valence-corrected chi connectivity index (χ3v) is 3.50. The second-order valence-corrected chi connectivity index (χ2v) is 5.56. The van der Waals surface area contributed by atoms with Crippen molar-refractivity contribution in [3.8, 4) is 0 Å². The van der Waals surface area contributed by atoms with Crippen LogP contribution >= 0.6 is 0 Å². The molecule has 1 aliphatic carbocycles. The van der Waals surface area contributed by atoms with E-state index in [9.17, 15) is 4.79 Å². The smallest absolute Gasteiger partial charge is 0.328 e. The van der Waals surface area contributed by atoms with Crippen molar-refractivity contribution in [2.45, 2.75) is 40.0 Å². The quantitative estimate of drug-likeness (QED) is 0.456. The maximum atomic E-state index is 10.5. The third kappa shape index (κ3) is 3.88.